The summed E-state index contributed by atoms with van der Waals surface area (Å²) in [6.45, 7) is 0.503. The summed E-state index contributed by atoms with van der Waals surface area (Å²) in [5.41, 5.74) is 3.56. The normalized spacial score (nSPS) is 13.5. The van der Waals surface area contributed by atoms with E-state index in [1.807, 2.05) is 36.4 Å². The molecule has 1 amide bonds. The second kappa shape index (κ2) is 6.77. The van der Waals surface area contributed by atoms with Gasteiger partial charge in [0, 0.05) is 30.9 Å². The van der Waals surface area contributed by atoms with Crippen LogP contribution in [0.25, 0.3) is 16.9 Å². The number of amides is 1. The molecule has 2 aromatic heterocycles. The van der Waals surface area contributed by atoms with Crippen molar-refractivity contribution in [3.8, 4) is 11.3 Å². The van der Waals surface area contributed by atoms with Crippen molar-refractivity contribution >= 4 is 11.6 Å². The van der Waals surface area contributed by atoms with Gasteiger partial charge in [-0.1, -0.05) is 30.3 Å². The first-order valence-electron chi connectivity index (χ1n) is 9.26. The largest absolute Gasteiger partial charge is 0.334 e. The van der Waals surface area contributed by atoms with Gasteiger partial charge in [0.05, 0.1) is 11.9 Å². The minimum absolute atomic E-state index is 0.151. The van der Waals surface area contributed by atoms with Crippen LogP contribution in [0, 0.1) is 11.6 Å². The first-order valence-corrected chi connectivity index (χ1v) is 9.26. The third kappa shape index (κ3) is 2.95. The zero-order valence-electron chi connectivity index (χ0n) is 15.3. The first kappa shape index (κ1) is 17.5. The van der Waals surface area contributed by atoms with Crippen molar-refractivity contribution in [3.63, 3.8) is 0 Å². The number of hydrogen-bond acceptors (Lipinski definition) is 3. The van der Waals surface area contributed by atoms with Crippen LogP contribution in [-0.4, -0.2) is 31.9 Å². The summed E-state index contributed by atoms with van der Waals surface area (Å²) < 4.78 is 29.2. The van der Waals surface area contributed by atoms with E-state index in [0.29, 0.717) is 35.3 Å². The van der Waals surface area contributed by atoms with Gasteiger partial charge in [0.15, 0.2) is 5.65 Å². The Labute approximate surface area is 165 Å². The van der Waals surface area contributed by atoms with Gasteiger partial charge in [0.2, 0.25) is 0 Å². The van der Waals surface area contributed by atoms with Crippen molar-refractivity contribution in [2.75, 3.05) is 6.54 Å². The van der Waals surface area contributed by atoms with Crippen molar-refractivity contribution < 1.29 is 13.6 Å². The number of nitrogens with zero attached hydrogens (tertiary/aromatic N) is 4. The van der Waals surface area contributed by atoms with E-state index in [2.05, 4.69) is 10.1 Å². The zero-order chi connectivity index (χ0) is 20.0. The van der Waals surface area contributed by atoms with Crippen LogP contribution in [0.15, 0.2) is 60.9 Å². The van der Waals surface area contributed by atoms with Gasteiger partial charge < -0.3 is 4.90 Å². The molecule has 5 nitrogen and oxygen atoms in total. The van der Waals surface area contributed by atoms with Crippen LogP contribution in [-0.2, 0) is 13.0 Å². The molecule has 0 atom stereocenters. The number of fused-ring (bicyclic) bond motifs is 2. The first-order chi connectivity index (χ1) is 14.1. The third-order valence-electron chi connectivity index (χ3n) is 5.23. The van der Waals surface area contributed by atoms with Crippen molar-refractivity contribution in [1.82, 2.24) is 19.5 Å². The molecule has 0 aliphatic carbocycles. The summed E-state index contributed by atoms with van der Waals surface area (Å²) in [5.74, 6) is -1.45. The summed E-state index contributed by atoms with van der Waals surface area (Å²) in [6.07, 6.45) is 3.49. The molecule has 4 aromatic rings. The third-order valence-corrected chi connectivity index (χ3v) is 5.23. The molecular weight excluding hydrogens is 374 g/mol. The van der Waals surface area contributed by atoms with Gasteiger partial charge in [-0.15, -0.1) is 0 Å². The summed E-state index contributed by atoms with van der Waals surface area (Å²) in [4.78, 5) is 19.1. The van der Waals surface area contributed by atoms with Gasteiger partial charge in [-0.05, 0) is 29.7 Å². The molecule has 29 heavy (non-hydrogen) atoms. The highest BCUT2D eigenvalue weighted by Crippen LogP contribution is 2.26. The Balaban J connectivity index is 1.51. The minimum Gasteiger partial charge on any atom is -0.334 e. The Bertz CT molecular complexity index is 1240. The van der Waals surface area contributed by atoms with E-state index >= 15 is 0 Å². The van der Waals surface area contributed by atoms with Crippen molar-refractivity contribution in [1.29, 1.82) is 0 Å². The molecule has 0 fully saturated rings. The van der Waals surface area contributed by atoms with E-state index in [1.54, 1.807) is 15.6 Å². The molecule has 0 unspecified atom stereocenters. The minimum atomic E-state index is -0.638. The monoisotopic (exact) mass is 390 g/mol. The maximum absolute atomic E-state index is 14.0. The molecule has 0 bridgehead atoms. The van der Waals surface area contributed by atoms with Crippen LogP contribution in [0.1, 0.15) is 21.5 Å². The Kier molecular flexibility index (Phi) is 4.08. The van der Waals surface area contributed by atoms with Gasteiger partial charge in [0.1, 0.15) is 17.2 Å². The molecule has 0 radical (unpaired) electrons. The molecule has 1 aliphatic heterocycles. The topological polar surface area (TPSA) is 50.5 Å². The van der Waals surface area contributed by atoms with E-state index in [1.165, 1.54) is 12.3 Å². The average molecular weight is 390 g/mol. The van der Waals surface area contributed by atoms with E-state index in [4.69, 9.17) is 0 Å². The highest BCUT2D eigenvalue weighted by molar-refractivity contribution is 6.00. The number of aromatic nitrogens is 3. The molecule has 144 valence electrons. The van der Waals surface area contributed by atoms with Crippen molar-refractivity contribution in [3.05, 3.63) is 89.2 Å². The van der Waals surface area contributed by atoms with Crippen LogP contribution < -0.4 is 0 Å². The van der Waals surface area contributed by atoms with Crippen molar-refractivity contribution in [2.45, 2.75) is 13.0 Å². The quantitative estimate of drug-likeness (QED) is 0.522. The molecule has 5 rings (SSSR count). The van der Waals surface area contributed by atoms with Crippen LogP contribution in [0.4, 0.5) is 8.78 Å². The van der Waals surface area contributed by atoms with E-state index in [0.717, 1.165) is 17.3 Å². The molecule has 0 N–H and O–H groups in total. The molecule has 1 aliphatic rings. The van der Waals surface area contributed by atoms with Gasteiger partial charge in [-0.3, -0.25) is 4.79 Å². The summed E-state index contributed by atoms with van der Waals surface area (Å²) in [5, 5.41) is 4.37. The van der Waals surface area contributed by atoms with Crippen molar-refractivity contribution in [2.24, 2.45) is 0 Å². The average Bonchev–Trinajstić information content (AvgIpc) is 3.17. The van der Waals surface area contributed by atoms with Crippen LogP contribution in [0.2, 0.25) is 0 Å². The predicted molar refractivity (Wildman–Crippen MR) is 103 cm³/mol. The molecule has 2 aromatic carbocycles. The molecular formula is C22H16F2N4O. The highest BCUT2D eigenvalue weighted by Gasteiger charge is 2.27. The zero-order valence-corrected chi connectivity index (χ0v) is 15.3. The van der Waals surface area contributed by atoms with Gasteiger partial charge in [-0.25, -0.2) is 18.3 Å². The SMILES string of the molecule is O=C(c1cnn2c(-c3ccccc3)ccnc12)N1CCc2c(F)cc(F)cc2C1. The molecule has 7 heteroatoms. The highest BCUT2D eigenvalue weighted by atomic mass is 19.1. The Morgan fingerprint density at radius 3 is 2.72 bits per heavy atom. The van der Waals surface area contributed by atoms with E-state index in [9.17, 15) is 13.6 Å². The summed E-state index contributed by atoms with van der Waals surface area (Å²) in [7, 11) is 0. The second-order valence-electron chi connectivity index (χ2n) is 6.99. The molecule has 3 heterocycles. The number of hydrogen-bond donors (Lipinski definition) is 0. The van der Waals surface area contributed by atoms with Gasteiger partial charge in [0.25, 0.3) is 5.91 Å². The molecule has 0 saturated carbocycles. The number of carbonyl (C=O) groups excluding carboxylic acids is 1. The Morgan fingerprint density at radius 2 is 1.90 bits per heavy atom. The predicted octanol–water partition coefficient (Wildman–Crippen LogP) is 3.87. The second-order valence-corrected chi connectivity index (χ2v) is 6.99. The fourth-order valence-corrected chi connectivity index (χ4v) is 3.82. The smallest absolute Gasteiger partial charge is 0.259 e. The Morgan fingerprint density at radius 1 is 1.07 bits per heavy atom. The van der Waals surface area contributed by atoms with Crippen LogP contribution >= 0.6 is 0 Å². The van der Waals surface area contributed by atoms with Crippen LogP contribution in [0.3, 0.4) is 0 Å². The van der Waals surface area contributed by atoms with Crippen LogP contribution in [0.5, 0.6) is 0 Å². The maximum Gasteiger partial charge on any atom is 0.259 e. The summed E-state index contributed by atoms with van der Waals surface area (Å²) >= 11 is 0. The molecule has 0 spiro atoms. The number of carbonyl (C=O) groups is 1. The molecule has 0 saturated heterocycles. The van der Waals surface area contributed by atoms with E-state index < -0.39 is 11.6 Å². The Hall–Kier alpha value is -3.61. The number of halogens is 2. The fraction of sp³-hybridized carbons (Fsp3) is 0.136. The van der Waals surface area contributed by atoms with E-state index in [-0.39, 0.29) is 12.5 Å². The maximum atomic E-state index is 14.0. The number of benzene rings is 2. The van der Waals surface area contributed by atoms with Gasteiger partial charge >= 0.3 is 0 Å². The standard InChI is InChI=1S/C22H16F2N4O/c23-16-10-15-13-27(9-7-17(15)19(24)11-16)22(29)18-12-26-28-20(6-8-25-21(18)28)14-4-2-1-3-5-14/h1-6,8,10-12H,7,9,13H2. The lowest BCUT2D eigenvalue weighted by atomic mass is 9.98. The number of rotatable bonds is 2. The van der Waals surface area contributed by atoms with Gasteiger partial charge in [-0.2, -0.15) is 5.10 Å². The lowest BCUT2D eigenvalue weighted by Gasteiger charge is -2.28. The lowest BCUT2D eigenvalue weighted by Crippen LogP contribution is -2.36. The fourth-order valence-electron chi connectivity index (χ4n) is 3.82. The summed E-state index contributed by atoms with van der Waals surface area (Å²) in [6, 6.07) is 13.7. The lowest BCUT2D eigenvalue weighted by molar-refractivity contribution is 0.0735.